The van der Waals surface area contributed by atoms with E-state index in [0.717, 1.165) is 6.07 Å². The van der Waals surface area contributed by atoms with E-state index in [0.29, 0.717) is 44.2 Å². The SMILES string of the molecule is C[C@@H]1[C@H](O)CC[C@H]1n1c(=O)c(C(F)F)cc2cnc(NC3CCN(S(C)(=O)=O)CC3)nc21. The molecule has 32 heavy (non-hydrogen) atoms. The van der Waals surface area contributed by atoms with Crippen LogP contribution in [0.4, 0.5) is 14.7 Å². The van der Waals surface area contributed by atoms with Crippen molar-refractivity contribution >= 4 is 27.0 Å². The van der Waals surface area contributed by atoms with Crippen LogP contribution in [0.25, 0.3) is 11.0 Å². The van der Waals surface area contributed by atoms with E-state index in [9.17, 15) is 27.1 Å². The van der Waals surface area contributed by atoms with Crippen molar-refractivity contribution in [2.75, 3.05) is 24.7 Å². The smallest absolute Gasteiger partial charge is 0.269 e. The van der Waals surface area contributed by atoms with Crippen molar-refractivity contribution in [3.8, 4) is 0 Å². The normalized spacial score (nSPS) is 25.6. The van der Waals surface area contributed by atoms with Crippen molar-refractivity contribution < 1.29 is 22.3 Å². The molecule has 2 aromatic rings. The van der Waals surface area contributed by atoms with E-state index in [2.05, 4.69) is 15.3 Å². The third kappa shape index (κ3) is 4.35. The summed E-state index contributed by atoms with van der Waals surface area (Å²) in [5, 5.41) is 13.7. The summed E-state index contributed by atoms with van der Waals surface area (Å²) in [6.45, 7) is 2.56. The molecule has 0 aromatic carbocycles. The van der Waals surface area contributed by atoms with E-state index >= 15 is 0 Å². The summed E-state index contributed by atoms with van der Waals surface area (Å²) in [5.74, 6) is -0.0324. The number of halogens is 2. The molecule has 3 atom stereocenters. The fraction of sp³-hybridized carbons (Fsp3) is 0.650. The van der Waals surface area contributed by atoms with Gasteiger partial charge in [0, 0.05) is 42.7 Å². The Morgan fingerprint density at radius 2 is 1.91 bits per heavy atom. The lowest BCUT2D eigenvalue weighted by Gasteiger charge is -2.30. The summed E-state index contributed by atoms with van der Waals surface area (Å²) < 4.78 is 53.2. The number of hydrogen-bond acceptors (Lipinski definition) is 7. The highest BCUT2D eigenvalue weighted by Crippen LogP contribution is 2.37. The molecule has 0 amide bonds. The lowest BCUT2D eigenvalue weighted by atomic mass is 10.0. The van der Waals surface area contributed by atoms with Crippen molar-refractivity contribution in [2.45, 2.75) is 57.2 Å². The second-order valence-corrected chi connectivity index (χ2v) is 10.7. The Morgan fingerprint density at radius 3 is 2.47 bits per heavy atom. The second kappa shape index (κ2) is 8.64. The molecule has 1 aliphatic carbocycles. The Hall–Kier alpha value is -2.18. The van der Waals surface area contributed by atoms with Gasteiger partial charge >= 0.3 is 0 Å². The van der Waals surface area contributed by atoms with Crippen LogP contribution in [0, 0.1) is 5.92 Å². The molecule has 1 aliphatic heterocycles. The average Bonchev–Trinajstić information content (AvgIpc) is 3.05. The minimum absolute atomic E-state index is 0.0572. The number of pyridine rings is 1. The summed E-state index contributed by atoms with van der Waals surface area (Å²) in [7, 11) is -3.24. The number of hydrogen-bond donors (Lipinski definition) is 2. The number of nitrogens with one attached hydrogen (secondary N) is 1. The first-order valence-corrected chi connectivity index (χ1v) is 12.5. The first-order valence-electron chi connectivity index (χ1n) is 10.7. The summed E-state index contributed by atoms with van der Waals surface area (Å²) in [6.07, 6.45) is 1.15. The molecule has 9 nitrogen and oxygen atoms in total. The maximum absolute atomic E-state index is 13.5. The van der Waals surface area contributed by atoms with Gasteiger partial charge in [0.15, 0.2) is 0 Å². The summed E-state index contributed by atoms with van der Waals surface area (Å²) in [5.41, 5.74) is -1.16. The number of piperidine rings is 1. The number of aliphatic hydroxyl groups excluding tert-OH is 1. The predicted molar refractivity (Wildman–Crippen MR) is 115 cm³/mol. The minimum atomic E-state index is -3.24. The number of sulfonamides is 1. The zero-order valence-corrected chi connectivity index (χ0v) is 18.7. The molecule has 2 aromatic heterocycles. The third-order valence-corrected chi connectivity index (χ3v) is 7.90. The van der Waals surface area contributed by atoms with Crippen LogP contribution in [0.5, 0.6) is 0 Å². The Morgan fingerprint density at radius 1 is 1.22 bits per heavy atom. The molecule has 1 saturated heterocycles. The number of nitrogens with zero attached hydrogens (tertiary/aromatic N) is 4. The van der Waals surface area contributed by atoms with E-state index < -0.39 is 39.7 Å². The zero-order chi connectivity index (χ0) is 23.2. The molecule has 2 aliphatic rings. The molecule has 0 bridgehead atoms. The van der Waals surface area contributed by atoms with Gasteiger partial charge in [0.05, 0.1) is 17.9 Å². The molecule has 4 rings (SSSR count). The van der Waals surface area contributed by atoms with Gasteiger partial charge in [-0.25, -0.2) is 26.5 Å². The fourth-order valence-electron chi connectivity index (χ4n) is 4.68. The Kier molecular flexibility index (Phi) is 6.21. The molecular weight excluding hydrogens is 444 g/mol. The van der Waals surface area contributed by atoms with Gasteiger partial charge in [-0.3, -0.25) is 9.36 Å². The van der Waals surface area contributed by atoms with Gasteiger partial charge in [-0.2, -0.15) is 4.98 Å². The van der Waals surface area contributed by atoms with Gasteiger partial charge in [-0.1, -0.05) is 6.92 Å². The van der Waals surface area contributed by atoms with Gasteiger partial charge in [0.25, 0.3) is 12.0 Å². The molecule has 176 valence electrons. The number of anilines is 1. The van der Waals surface area contributed by atoms with Crippen molar-refractivity contribution in [2.24, 2.45) is 5.92 Å². The minimum Gasteiger partial charge on any atom is -0.393 e. The van der Waals surface area contributed by atoms with Crippen LogP contribution in [0.2, 0.25) is 0 Å². The van der Waals surface area contributed by atoms with Crippen molar-refractivity contribution in [3.05, 3.63) is 28.2 Å². The van der Waals surface area contributed by atoms with E-state index in [4.69, 9.17) is 0 Å². The maximum atomic E-state index is 13.5. The maximum Gasteiger partial charge on any atom is 0.269 e. The van der Waals surface area contributed by atoms with Crippen LogP contribution in [0.1, 0.15) is 50.6 Å². The highest BCUT2D eigenvalue weighted by atomic mass is 32.2. The lowest BCUT2D eigenvalue weighted by Crippen LogP contribution is -2.42. The summed E-state index contributed by atoms with van der Waals surface area (Å²) in [4.78, 5) is 21.7. The first kappa shape index (κ1) is 23.0. The predicted octanol–water partition coefficient (Wildman–Crippen LogP) is 1.90. The van der Waals surface area contributed by atoms with Gasteiger partial charge in [-0.05, 0) is 31.7 Å². The van der Waals surface area contributed by atoms with Gasteiger partial charge in [0.1, 0.15) is 5.65 Å². The number of aliphatic hydroxyl groups is 1. The van der Waals surface area contributed by atoms with Crippen LogP contribution in [0.3, 0.4) is 0 Å². The number of fused-ring (bicyclic) bond motifs is 1. The topological polar surface area (TPSA) is 117 Å². The summed E-state index contributed by atoms with van der Waals surface area (Å²) >= 11 is 0. The Bertz CT molecular complexity index is 1160. The molecule has 3 heterocycles. The van der Waals surface area contributed by atoms with Crippen LogP contribution in [-0.4, -0.2) is 63.9 Å². The van der Waals surface area contributed by atoms with Crippen molar-refractivity contribution in [1.29, 1.82) is 0 Å². The van der Waals surface area contributed by atoms with Gasteiger partial charge in [0.2, 0.25) is 16.0 Å². The van der Waals surface area contributed by atoms with Gasteiger partial charge in [-0.15, -0.1) is 0 Å². The largest absolute Gasteiger partial charge is 0.393 e. The summed E-state index contributed by atoms with van der Waals surface area (Å²) in [6, 6.07) is 0.626. The highest BCUT2D eigenvalue weighted by molar-refractivity contribution is 7.88. The zero-order valence-electron chi connectivity index (χ0n) is 17.9. The highest BCUT2D eigenvalue weighted by Gasteiger charge is 2.35. The lowest BCUT2D eigenvalue weighted by molar-refractivity contribution is 0.127. The molecule has 2 N–H and O–H groups in total. The van der Waals surface area contributed by atoms with Gasteiger partial charge < -0.3 is 10.4 Å². The molecular formula is C20H27F2N5O4S. The molecule has 0 radical (unpaired) electrons. The quantitative estimate of drug-likeness (QED) is 0.684. The van der Waals surface area contributed by atoms with Crippen LogP contribution < -0.4 is 10.9 Å². The van der Waals surface area contributed by atoms with E-state index in [-0.39, 0.29) is 23.6 Å². The third-order valence-electron chi connectivity index (χ3n) is 6.60. The Labute approximate surface area is 184 Å². The fourth-order valence-corrected chi connectivity index (χ4v) is 5.55. The van der Waals surface area contributed by atoms with E-state index in [1.807, 2.05) is 0 Å². The first-order chi connectivity index (χ1) is 15.1. The van der Waals surface area contributed by atoms with E-state index in [1.54, 1.807) is 6.92 Å². The van der Waals surface area contributed by atoms with Crippen LogP contribution in [0.15, 0.2) is 17.1 Å². The standard InChI is InChI=1S/C20H27F2N5O4S/c1-11-15(3-4-16(11)28)27-18-12(9-14(17(21)22)19(27)29)10-23-20(25-18)24-13-5-7-26(8-6-13)32(2,30)31/h9-11,13,15-17,28H,3-8H2,1-2H3,(H,23,24,25)/t11-,15+,16+/m0/s1. The second-order valence-electron chi connectivity index (χ2n) is 8.70. The van der Waals surface area contributed by atoms with E-state index in [1.165, 1.54) is 21.3 Å². The number of alkyl halides is 2. The average molecular weight is 472 g/mol. The van der Waals surface area contributed by atoms with Crippen molar-refractivity contribution in [1.82, 2.24) is 18.8 Å². The number of rotatable bonds is 5. The van der Waals surface area contributed by atoms with Crippen molar-refractivity contribution in [3.63, 3.8) is 0 Å². The van der Waals surface area contributed by atoms with Crippen LogP contribution in [-0.2, 0) is 10.0 Å². The molecule has 0 unspecified atom stereocenters. The molecule has 12 heteroatoms. The Balaban J connectivity index is 1.68. The molecule has 2 fully saturated rings. The molecule has 0 spiro atoms. The number of aromatic nitrogens is 3. The monoisotopic (exact) mass is 471 g/mol. The van der Waals surface area contributed by atoms with Crippen LogP contribution >= 0.6 is 0 Å². The molecule has 1 saturated carbocycles.